The molecule has 202 valence electrons. The summed E-state index contributed by atoms with van der Waals surface area (Å²) in [7, 11) is 1.22. The van der Waals surface area contributed by atoms with E-state index in [2.05, 4.69) is 20.9 Å². The highest BCUT2D eigenvalue weighted by Gasteiger charge is 2.40. The topological polar surface area (TPSA) is 129 Å². The Morgan fingerprint density at radius 3 is 2.41 bits per heavy atom. The average Bonchev–Trinajstić information content (AvgIpc) is 3.34. The molecular weight excluding hydrogens is 519 g/mol. The van der Waals surface area contributed by atoms with Crippen LogP contribution in [0.1, 0.15) is 64.4 Å². The number of ether oxygens (including phenoxy) is 1. The third-order valence-electron chi connectivity index (χ3n) is 6.28. The minimum Gasteiger partial charge on any atom is -0.467 e. The van der Waals surface area contributed by atoms with E-state index in [1.807, 2.05) is 34.6 Å². The van der Waals surface area contributed by atoms with Crippen LogP contribution in [0.5, 0.6) is 0 Å². The van der Waals surface area contributed by atoms with Gasteiger partial charge in [0.1, 0.15) is 17.8 Å². The molecule has 0 spiro atoms. The first-order chi connectivity index (χ1) is 17.1. The molecule has 2 heterocycles. The number of fused-ring (bicyclic) bond motifs is 1. The van der Waals surface area contributed by atoms with Crippen molar-refractivity contribution in [2.45, 2.75) is 71.5 Å². The fourth-order valence-electron chi connectivity index (χ4n) is 4.62. The summed E-state index contributed by atoms with van der Waals surface area (Å²) in [4.78, 5) is 54.4. The molecule has 3 atom stereocenters. The van der Waals surface area contributed by atoms with Gasteiger partial charge >= 0.3 is 5.97 Å². The number of H-pyrrole nitrogens is 1. The number of rotatable bonds is 8. The Morgan fingerprint density at radius 2 is 1.84 bits per heavy atom. The molecule has 3 unspecified atom stereocenters. The van der Waals surface area contributed by atoms with Gasteiger partial charge in [0.15, 0.2) is 0 Å². The Bertz CT molecular complexity index is 1220. The molecule has 9 nitrogen and oxygen atoms in total. The molecule has 0 saturated carbocycles. The number of hydrogen-bond donors (Lipinski definition) is 4. The lowest BCUT2D eigenvalue weighted by Crippen LogP contribution is -2.53. The molecule has 2 aromatic rings. The number of benzene rings is 1. The predicted octanol–water partition coefficient (Wildman–Crippen LogP) is 3.97. The average molecular weight is 553 g/mol. The highest BCUT2D eigenvalue weighted by atomic mass is 35.5. The molecule has 1 aromatic carbocycles. The number of carbonyl (C=O) groups is 4. The van der Waals surface area contributed by atoms with Crippen LogP contribution in [0.25, 0.3) is 10.9 Å². The highest BCUT2D eigenvalue weighted by Crippen LogP contribution is 2.31. The Labute approximate surface area is 226 Å². The number of carbonyl (C=O) groups excluding carboxylic acids is 4. The zero-order valence-electron chi connectivity index (χ0n) is 21.9. The molecule has 1 aliphatic rings. The van der Waals surface area contributed by atoms with Crippen LogP contribution in [0.4, 0.5) is 0 Å². The van der Waals surface area contributed by atoms with Crippen LogP contribution in [0.15, 0.2) is 18.2 Å². The van der Waals surface area contributed by atoms with Crippen molar-refractivity contribution in [3.05, 3.63) is 33.9 Å². The molecular formula is C26H34Cl2N4O5. The zero-order valence-corrected chi connectivity index (χ0v) is 23.4. The van der Waals surface area contributed by atoms with Crippen LogP contribution in [-0.4, -0.2) is 53.4 Å². The van der Waals surface area contributed by atoms with E-state index in [1.165, 1.54) is 7.11 Å². The summed E-state index contributed by atoms with van der Waals surface area (Å²) < 4.78 is 4.90. The SMILES string of the molecule is COC(=O)C(CC1CC(C)(C)NC1=O)NC(=O)C(CC(C)(C)C)NC(=O)c1cc2ccc(Cl)c(Cl)c2[nH]1. The predicted molar refractivity (Wildman–Crippen MR) is 143 cm³/mol. The molecule has 1 aromatic heterocycles. The lowest BCUT2D eigenvalue weighted by Gasteiger charge is -2.28. The molecule has 0 radical (unpaired) electrons. The van der Waals surface area contributed by atoms with Crippen molar-refractivity contribution in [2.24, 2.45) is 11.3 Å². The molecule has 0 aliphatic carbocycles. The van der Waals surface area contributed by atoms with Gasteiger partial charge in [-0.15, -0.1) is 0 Å². The van der Waals surface area contributed by atoms with Crippen LogP contribution in [0.3, 0.4) is 0 Å². The van der Waals surface area contributed by atoms with Crippen LogP contribution in [0.2, 0.25) is 10.0 Å². The number of aromatic nitrogens is 1. The number of methoxy groups -OCH3 is 1. The van der Waals surface area contributed by atoms with E-state index in [1.54, 1.807) is 18.2 Å². The molecule has 37 heavy (non-hydrogen) atoms. The first-order valence-electron chi connectivity index (χ1n) is 12.1. The van der Waals surface area contributed by atoms with E-state index in [0.29, 0.717) is 33.8 Å². The van der Waals surface area contributed by atoms with E-state index in [9.17, 15) is 19.2 Å². The van der Waals surface area contributed by atoms with Crippen LogP contribution in [-0.2, 0) is 19.1 Å². The first kappa shape index (κ1) is 28.8. The van der Waals surface area contributed by atoms with Crippen LogP contribution < -0.4 is 16.0 Å². The summed E-state index contributed by atoms with van der Waals surface area (Å²) >= 11 is 12.3. The Balaban J connectivity index is 1.80. The monoisotopic (exact) mass is 552 g/mol. The summed E-state index contributed by atoms with van der Waals surface area (Å²) in [5.41, 5.74) is -0.00943. The Kier molecular flexibility index (Phi) is 8.49. The largest absolute Gasteiger partial charge is 0.467 e. The van der Waals surface area contributed by atoms with Crippen molar-refractivity contribution in [3.63, 3.8) is 0 Å². The second-order valence-corrected chi connectivity index (χ2v) is 12.2. The number of amides is 3. The van der Waals surface area contributed by atoms with Gasteiger partial charge < -0.3 is 25.7 Å². The summed E-state index contributed by atoms with van der Waals surface area (Å²) in [6, 6.07) is 2.99. The Hall–Kier alpha value is -2.78. The number of halogens is 2. The number of aromatic amines is 1. The van der Waals surface area contributed by atoms with E-state index in [-0.39, 0.29) is 23.4 Å². The van der Waals surface area contributed by atoms with Crippen molar-refractivity contribution < 1.29 is 23.9 Å². The van der Waals surface area contributed by atoms with E-state index < -0.39 is 41.3 Å². The molecule has 4 N–H and O–H groups in total. The van der Waals surface area contributed by atoms with Gasteiger partial charge in [-0.3, -0.25) is 14.4 Å². The molecule has 3 amide bonds. The molecule has 11 heteroatoms. The minimum absolute atomic E-state index is 0.0884. The van der Waals surface area contributed by atoms with E-state index in [0.717, 1.165) is 0 Å². The van der Waals surface area contributed by atoms with Crippen LogP contribution >= 0.6 is 23.2 Å². The number of esters is 1. The van der Waals surface area contributed by atoms with Gasteiger partial charge in [-0.25, -0.2) is 4.79 Å². The van der Waals surface area contributed by atoms with E-state index in [4.69, 9.17) is 27.9 Å². The minimum atomic E-state index is -1.05. The molecule has 0 bridgehead atoms. The highest BCUT2D eigenvalue weighted by molar-refractivity contribution is 6.45. The molecule has 3 rings (SSSR count). The summed E-state index contributed by atoms with van der Waals surface area (Å²) in [6.45, 7) is 9.61. The fraction of sp³-hybridized carbons (Fsp3) is 0.538. The Morgan fingerprint density at radius 1 is 1.16 bits per heavy atom. The smallest absolute Gasteiger partial charge is 0.328 e. The van der Waals surface area contributed by atoms with Gasteiger partial charge in [-0.2, -0.15) is 0 Å². The van der Waals surface area contributed by atoms with E-state index >= 15 is 0 Å². The lowest BCUT2D eigenvalue weighted by atomic mass is 9.87. The fourth-order valence-corrected chi connectivity index (χ4v) is 4.99. The quantitative estimate of drug-likeness (QED) is 0.368. The zero-order chi connectivity index (χ0) is 27.7. The van der Waals surface area contributed by atoms with Gasteiger partial charge in [0.25, 0.3) is 5.91 Å². The van der Waals surface area contributed by atoms with Crippen LogP contribution in [0, 0.1) is 11.3 Å². The van der Waals surface area contributed by atoms with Crippen molar-refractivity contribution in [3.8, 4) is 0 Å². The van der Waals surface area contributed by atoms with Crippen molar-refractivity contribution in [1.29, 1.82) is 0 Å². The van der Waals surface area contributed by atoms with Gasteiger partial charge in [0, 0.05) is 16.8 Å². The van der Waals surface area contributed by atoms with Gasteiger partial charge in [-0.05, 0) is 50.7 Å². The number of hydrogen-bond acceptors (Lipinski definition) is 5. The van der Waals surface area contributed by atoms with Gasteiger partial charge in [-0.1, -0.05) is 50.0 Å². The summed E-state index contributed by atoms with van der Waals surface area (Å²) in [6.07, 6.45) is 0.900. The van der Waals surface area contributed by atoms with Gasteiger partial charge in [0.05, 0.1) is 22.7 Å². The lowest BCUT2D eigenvalue weighted by molar-refractivity contribution is -0.146. The van der Waals surface area contributed by atoms with Crippen molar-refractivity contribution in [2.75, 3.05) is 7.11 Å². The third-order valence-corrected chi connectivity index (χ3v) is 7.09. The first-order valence-corrected chi connectivity index (χ1v) is 12.8. The second-order valence-electron chi connectivity index (χ2n) is 11.4. The maximum atomic E-state index is 13.4. The maximum absolute atomic E-state index is 13.4. The molecule has 1 aliphatic heterocycles. The maximum Gasteiger partial charge on any atom is 0.328 e. The van der Waals surface area contributed by atoms with Gasteiger partial charge in [0.2, 0.25) is 11.8 Å². The second kappa shape index (κ2) is 10.9. The normalized spacial score (nSPS) is 18.7. The standard InChI is InChI=1S/C26H34Cl2N4O5/c1-25(2,3)12-18(31-22(34)16-9-13-7-8-15(27)19(28)20(13)29-16)23(35)30-17(24(36)37-6)10-14-11-26(4,5)32-21(14)33/h7-9,14,17-18,29H,10-12H2,1-6H3,(H,30,35)(H,31,34)(H,32,33). The third kappa shape index (κ3) is 7.17. The van der Waals surface area contributed by atoms with Crippen molar-refractivity contribution >= 4 is 57.8 Å². The molecule has 1 saturated heterocycles. The summed E-state index contributed by atoms with van der Waals surface area (Å²) in [5.74, 6) is -2.36. The van der Waals surface area contributed by atoms with Crippen molar-refractivity contribution in [1.82, 2.24) is 20.9 Å². The molecule has 1 fully saturated rings. The number of nitrogens with one attached hydrogen (secondary N) is 4. The summed E-state index contributed by atoms with van der Waals surface area (Å²) in [5, 5.41) is 9.71.